The second-order valence-corrected chi connectivity index (χ2v) is 6.07. The van der Waals surface area contributed by atoms with Crippen LogP contribution in [-0.4, -0.2) is 50.3 Å². The molecule has 0 radical (unpaired) electrons. The lowest BCUT2D eigenvalue weighted by Crippen LogP contribution is -2.51. The fourth-order valence-corrected chi connectivity index (χ4v) is 3.09. The fourth-order valence-electron chi connectivity index (χ4n) is 3.09. The van der Waals surface area contributed by atoms with E-state index in [1.54, 1.807) is 0 Å². The van der Waals surface area contributed by atoms with Crippen LogP contribution in [0, 0.1) is 11.8 Å². The van der Waals surface area contributed by atoms with Crippen LogP contribution in [0.2, 0.25) is 0 Å². The highest BCUT2D eigenvalue weighted by Gasteiger charge is 2.29. The highest BCUT2D eigenvalue weighted by Crippen LogP contribution is 2.21. The maximum Gasteiger partial charge on any atom is 0.0469 e. The number of rotatable bonds is 3. The molecular formula is C14H28N2O. The molecule has 3 heteroatoms. The molecule has 0 aromatic rings. The Balaban J connectivity index is 1.74. The maximum absolute atomic E-state index is 5.41. The lowest BCUT2D eigenvalue weighted by atomic mass is 9.89. The molecule has 0 bridgehead atoms. The summed E-state index contributed by atoms with van der Waals surface area (Å²) in [4.78, 5) is 2.48. The van der Waals surface area contributed by atoms with E-state index >= 15 is 0 Å². The van der Waals surface area contributed by atoms with Gasteiger partial charge in [0.05, 0.1) is 0 Å². The van der Waals surface area contributed by atoms with Crippen LogP contribution in [0.15, 0.2) is 0 Å². The van der Waals surface area contributed by atoms with Crippen molar-refractivity contribution in [3.05, 3.63) is 0 Å². The Morgan fingerprint density at radius 3 is 2.65 bits per heavy atom. The summed E-state index contributed by atoms with van der Waals surface area (Å²) >= 11 is 0. The van der Waals surface area contributed by atoms with Crippen molar-refractivity contribution >= 4 is 0 Å². The molecule has 2 aliphatic heterocycles. The summed E-state index contributed by atoms with van der Waals surface area (Å²) in [6.45, 7) is 9.07. The van der Waals surface area contributed by atoms with Crippen molar-refractivity contribution in [1.29, 1.82) is 0 Å². The second-order valence-electron chi connectivity index (χ2n) is 6.07. The smallest absolute Gasteiger partial charge is 0.0469 e. The molecule has 3 nitrogen and oxygen atoms in total. The van der Waals surface area contributed by atoms with Gasteiger partial charge >= 0.3 is 0 Å². The summed E-state index contributed by atoms with van der Waals surface area (Å²) < 4.78 is 5.41. The van der Waals surface area contributed by atoms with E-state index in [1.807, 2.05) is 0 Å². The second kappa shape index (κ2) is 6.17. The van der Waals surface area contributed by atoms with Crippen LogP contribution in [0.1, 0.15) is 33.1 Å². The first-order valence-electron chi connectivity index (χ1n) is 7.18. The topological polar surface area (TPSA) is 24.5 Å². The van der Waals surface area contributed by atoms with Crippen molar-refractivity contribution < 1.29 is 4.74 Å². The Hall–Kier alpha value is -0.120. The van der Waals surface area contributed by atoms with Crippen LogP contribution >= 0.6 is 0 Å². The fraction of sp³-hybridized carbons (Fsp3) is 1.00. The van der Waals surface area contributed by atoms with Gasteiger partial charge in [-0.3, -0.25) is 0 Å². The predicted octanol–water partition coefficient (Wildman–Crippen LogP) is 1.73. The number of nitrogens with one attached hydrogen (secondary N) is 1. The molecule has 0 spiro atoms. The van der Waals surface area contributed by atoms with Crippen molar-refractivity contribution in [1.82, 2.24) is 10.2 Å². The van der Waals surface area contributed by atoms with Gasteiger partial charge < -0.3 is 15.0 Å². The largest absolute Gasteiger partial charge is 0.381 e. The van der Waals surface area contributed by atoms with Crippen LogP contribution in [-0.2, 0) is 4.74 Å². The standard InChI is InChI=1S/C14H28N2O/c1-11-10-16(3)12(2)8-14(11)15-9-13-4-6-17-7-5-13/h11-15H,4-10H2,1-3H3. The monoisotopic (exact) mass is 240 g/mol. The maximum atomic E-state index is 5.41. The number of hydrogen-bond acceptors (Lipinski definition) is 3. The van der Waals surface area contributed by atoms with Gasteiger partial charge in [0.25, 0.3) is 0 Å². The summed E-state index contributed by atoms with van der Waals surface area (Å²) in [5, 5.41) is 3.81. The molecule has 100 valence electrons. The Labute approximate surface area is 106 Å². The number of nitrogens with zero attached hydrogens (tertiary/aromatic N) is 1. The molecule has 3 unspecified atom stereocenters. The van der Waals surface area contributed by atoms with Crippen LogP contribution in [0.3, 0.4) is 0 Å². The highest BCUT2D eigenvalue weighted by molar-refractivity contribution is 4.86. The van der Waals surface area contributed by atoms with E-state index in [9.17, 15) is 0 Å². The summed E-state index contributed by atoms with van der Waals surface area (Å²) in [7, 11) is 2.25. The summed E-state index contributed by atoms with van der Waals surface area (Å²) in [6, 6.07) is 1.43. The molecule has 1 N–H and O–H groups in total. The van der Waals surface area contributed by atoms with Gasteiger partial charge in [-0.2, -0.15) is 0 Å². The molecule has 0 aromatic carbocycles. The third kappa shape index (κ3) is 3.67. The molecule has 0 aliphatic carbocycles. The zero-order valence-electron chi connectivity index (χ0n) is 11.6. The number of hydrogen-bond donors (Lipinski definition) is 1. The van der Waals surface area contributed by atoms with Gasteiger partial charge in [-0.15, -0.1) is 0 Å². The zero-order valence-corrected chi connectivity index (χ0v) is 11.6. The molecule has 2 aliphatic rings. The molecule has 17 heavy (non-hydrogen) atoms. The van der Waals surface area contributed by atoms with Gasteiger partial charge in [0.2, 0.25) is 0 Å². The lowest BCUT2D eigenvalue weighted by Gasteiger charge is -2.40. The first kappa shape index (κ1) is 13.3. The molecule has 2 saturated heterocycles. The summed E-state index contributed by atoms with van der Waals surface area (Å²) in [6.07, 6.45) is 3.77. The molecule has 0 saturated carbocycles. The van der Waals surface area contributed by atoms with E-state index in [-0.39, 0.29) is 0 Å². The molecule has 0 aromatic heterocycles. The Morgan fingerprint density at radius 2 is 1.94 bits per heavy atom. The molecular weight excluding hydrogens is 212 g/mol. The number of ether oxygens (including phenoxy) is 1. The minimum atomic E-state index is 0.712. The van der Waals surface area contributed by atoms with Crippen molar-refractivity contribution in [2.24, 2.45) is 11.8 Å². The van der Waals surface area contributed by atoms with Gasteiger partial charge in [-0.1, -0.05) is 6.92 Å². The van der Waals surface area contributed by atoms with Crippen molar-refractivity contribution in [2.75, 3.05) is 33.4 Å². The molecule has 0 amide bonds. The van der Waals surface area contributed by atoms with Crippen LogP contribution < -0.4 is 5.32 Å². The van der Waals surface area contributed by atoms with Crippen molar-refractivity contribution in [3.8, 4) is 0 Å². The minimum Gasteiger partial charge on any atom is -0.381 e. The first-order valence-corrected chi connectivity index (χ1v) is 7.18. The third-order valence-corrected chi connectivity index (χ3v) is 4.62. The van der Waals surface area contributed by atoms with Crippen LogP contribution in [0.5, 0.6) is 0 Å². The average molecular weight is 240 g/mol. The number of likely N-dealkylation sites (tertiary alicyclic amines) is 1. The molecule has 2 rings (SSSR count). The molecule has 2 fully saturated rings. The SMILES string of the molecule is CC1CN(C)C(C)CC1NCC1CCOCC1. The Bertz CT molecular complexity index is 228. The van der Waals surface area contributed by atoms with E-state index in [4.69, 9.17) is 4.74 Å². The van der Waals surface area contributed by atoms with Crippen molar-refractivity contribution in [2.45, 2.75) is 45.2 Å². The van der Waals surface area contributed by atoms with Gasteiger partial charge in [0.15, 0.2) is 0 Å². The Kier molecular flexibility index (Phi) is 4.83. The van der Waals surface area contributed by atoms with Gasteiger partial charge in [0, 0.05) is 31.8 Å². The van der Waals surface area contributed by atoms with E-state index < -0.39 is 0 Å². The van der Waals surface area contributed by atoms with Crippen LogP contribution in [0.4, 0.5) is 0 Å². The summed E-state index contributed by atoms with van der Waals surface area (Å²) in [5.74, 6) is 1.61. The van der Waals surface area contributed by atoms with Crippen molar-refractivity contribution in [3.63, 3.8) is 0 Å². The van der Waals surface area contributed by atoms with E-state index in [2.05, 4.69) is 31.1 Å². The first-order chi connectivity index (χ1) is 8.16. The highest BCUT2D eigenvalue weighted by atomic mass is 16.5. The van der Waals surface area contributed by atoms with Gasteiger partial charge in [-0.05, 0) is 51.6 Å². The average Bonchev–Trinajstić information content (AvgIpc) is 2.33. The minimum absolute atomic E-state index is 0.712. The molecule has 2 heterocycles. The normalized spacial score (nSPS) is 37.2. The van der Waals surface area contributed by atoms with E-state index in [0.717, 1.165) is 31.1 Å². The predicted molar refractivity (Wildman–Crippen MR) is 71.2 cm³/mol. The third-order valence-electron chi connectivity index (χ3n) is 4.62. The van der Waals surface area contributed by atoms with Crippen LogP contribution in [0.25, 0.3) is 0 Å². The van der Waals surface area contributed by atoms with Gasteiger partial charge in [-0.25, -0.2) is 0 Å². The van der Waals surface area contributed by atoms with E-state index in [1.165, 1.54) is 32.4 Å². The lowest BCUT2D eigenvalue weighted by molar-refractivity contribution is 0.0608. The number of piperidine rings is 1. The molecule has 3 atom stereocenters. The zero-order chi connectivity index (χ0) is 12.3. The quantitative estimate of drug-likeness (QED) is 0.813. The van der Waals surface area contributed by atoms with Gasteiger partial charge in [0.1, 0.15) is 0 Å². The Morgan fingerprint density at radius 1 is 1.24 bits per heavy atom. The van der Waals surface area contributed by atoms with E-state index in [0.29, 0.717) is 6.04 Å². The summed E-state index contributed by atoms with van der Waals surface area (Å²) in [5.41, 5.74) is 0.